The van der Waals surface area contributed by atoms with Gasteiger partial charge in [-0.25, -0.2) is 4.98 Å². The molecular formula is C20H22N4O2. The molecule has 0 fully saturated rings. The molecule has 3 rings (SSSR count). The van der Waals surface area contributed by atoms with Gasteiger partial charge in [-0.05, 0) is 30.7 Å². The average molecular weight is 350 g/mol. The SMILES string of the molecule is COc1ccc(Nc2ccnc(NCc3cccc(C)c3)n2)cc1OC. The smallest absolute Gasteiger partial charge is 0.224 e. The molecule has 0 atom stereocenters. The molecule has 0 aliphatic carbocycles. The number of hydrogen-bond acceptors (Lipinski definition) is 6. The molecule has 2 N–H and O–H groups in total. The number of methoxy groups -OCH3 is 2. The van der Waals surface area contributed by atoms with Gasteiger partial charge in [0, 0.05) is 24.5 Å². The summed E-state index contributed by atoms with van der Waals surface area (Å²) in [4.78, 5) is 8.77. The maximum atomic E-state index is 5.33. The standard InChI is InChI=1S/C20H22N4O2/c1-14-5-4-6-15(11-14)13-22-20-21-10-9-19(24-20)23-16-7-8-17(25-2)18(12-16)26-3/h4-12H,13H2,1-3H3,(H2,21,22,23,24). The first kappa shape index (κ1) is 17.5. The first-order chi connectivity index (χ1) is 12.7. The van der Waals surface area contributed by atoms with Crippen LogP contribution >= 0.6 is 0 Å². The largest absolute Gasteiger partial charge is 0.493 e. The van der Waals surface area contributed by atoms with Crippen molar-refractivity contribution in [3.8, 4) is 11.5 Å². The summed E-state index contributed by atoms with van der Waals surface area (Å²) in [6.45, 7) is 2.75. The Labute approximate surface area is 153 Å². The van der Waals surface area contributed by atoms with Crippen LogP contribution in [-0.4, -0.2) is 24.2 Å². The highest BCUT2D eigenvalue weighted by Crippen LogP contribution is 2.30. The fraction of sp³-hybridized carbons (Fsp3) is 0.200. The minimum Gasteiger partial charge on any atom is -0.493 e. The lowest BCUT2D eigenvalue weighted by Crippen LogP contribution is -2.05. The zero-order valence-corrected chi connectivity index (χ0v) is 15.1. The Morgan fingerprint density at radius 1 is 0.962 bits per heavy atom. The molecule has 0 saturated carbocycles. The number of rotatable bonds is 7. The average Bonchev–Trinajstić information content (AvgIpc) is 2.66. The maximum absolute atomic E-state index is 5.33. The van der Waals surface area contributed by atoms with Crippen LogP contribution in [0, 0.1) is 6.92 Å². The van der Waals surface area contributed by atoms with Gasteiger partial charge in [-0.15, -0.1) is 0 Å². The van der Waals surface area contributed by atoms with Crippen LogP contribution < -0.4 is 20.1 Å². The maximum Gasteiger partial charge on any atom is 0.224 e. The van der Waals surface area contributed by atoms with E-state index in [0.717, 1.165) is 5.69 Å². The van der Waals surface area contributed by atoms with Crippen LogP contribution in [0.5, 0.6) is 11.5 Å². The van der Waals surface area contributed by atoms with Crippen molar-refractivity contribution in [2.45, 2.75) is 13.5 Å². The molecule has 6 heteroatoms. The summed E-state index contributed by atoms with van der Waals surface area (Å²) in [6.07, 6.45) is 1.72. The Balaban J connectivity index is 1.69. The van der Waals surface area contributed by atoms with Gasteiger partial charge in [0.25, 0.3) is 0 Å². The molecule has 1 heterocycles. The van der Waals surface area contributed by atoms with E-state index in [2.05, 4.69) is 45.7 Å². The second-order valence-electron chi connectivity index (χ2n) is 5.80. The van der Waals surface area contributed by atoms with Gasteiger partial charge in [-0.1, -0.05) is 29.8 Å². The van der Waals surface area contributed by atoms with Crippen LogP contribution in [-0.2, 0) is 6.54 Å². The van der Waals surface area contributed by atoms with Gasteiger partial charge in [0.15, 0.2) is 11.5 Å². The number of hydrogen-bond donors (Lipinski definition) is 2. The van der Waals surface area contributed by atoms with Crippen molar-refractivity contribution in [3.63, 3.8) is 0 Å². The summed E-state index contributed by atoms with van der Waals surface area (Å²) >= 11 is 0. The quantitative estimate of drug-likeness (QED) is 0.667. The molecule has 6 nitrogen and oxygen atoms in total. The third kappa shape index (κ3) is 4.42. The highest BCUT2D eigenvalue weighted by molar-refractivity contribution is 5.61. The number of aromatic nitrogens is 2. The Morgan fingerprint density at radius 2 is 1.81 bits per heavy atom. The van der Waals surface area contributed by atoms with Crippen LogP contribution in [0.3, 0.4) is 0 Å². The third-order valence-corrected chi connectivity index (χ3v) is 3.84. The topological polar surface area (TPSA) is 68.3 Å². The van der Waals surface area contributed by atoms with Crippen LogP contribution in [0.4, 0.5) is 17.5 Å². The summed E-state index contributed by atoms with van der Waals surface area (Å²) in [5.41, 5.74) is 3.27. The van der Waals surface area contributed by atoms with E-state index >= 15 is 0 Å². The van der Waals surface area contributed by atoms with Gasteiger partial charge in [0.2, 0.25) is 5.95 Å². The Hall–Kier alpha value is -3.28. The van der Waals surface area contributed by atoms with Gasteiger partial charge >= 0.3 is 0 Å². The number of nitrogens with zero attached hydrogens (tertiary/aromatic N) is 2. The summed E-state index contributed by atoms with van der Waals surface area (Å²) < 4.78 is 10.6. The van der Waals surface area contributed by atoms with E-state index in [1.807, 2.05) is 30.3 Å². The lowest BCUT2D eigenvalue weighted by atomic mass is 10.1. The monoisotopic (exact) mass is 350 g/mol. The molecule has 0 spiro atoms. The number of anilines is 3. The highest BCUT2D eigenvalue weighted by Gasteiger charge is 2.06. The molecule has 0 unspecified atom stereocenters. The predicted octanol–water partition coefficient (Wildman–Crippen LogP) is 4.16. The number of aryl methyl sites for hydroxylation is 1. The van der Waals surface area contributed by atoms with E-state index in [-0.39, 0.29) is 0 Å². The molecule has 0 radical (unpaired) electrons. The molecule has 0 bridgehead atoms. The zero-order chi connectivity index (χ0) is 18.4. The van der Waals surface area contributed by atoms with Crippen LogP contribution in [0.2, 0.25) is 0 Å². The normalized spacial score (nSPS) is 10.3. The van der Waals surface area contributed by atoms with Crippen molar-refractivity contribution in [1.82, 2.24) is 9.97 Å². The van der Waals surface area contributed by atoms with E-state index in [9.17, 15) is 0 Å². The molecule has 0 amide bonds. The van der Waals surface area contributed by atoms with Crippen molar-refractivity contribution in [3.05, 3.63) is 65.9 Å². The molecule has 1 aromatic heterocycles. The summed E-state index contributed by atoms with van der Waals surface area (Å²) in [6, 6.07) is 15.8. The molecule has 134 valence electrons. The van der Waals surface area contributed by atoms with E-state index < -0.39 is 0 Å². The number of ether oxygens (including phenoxy) is 2. The van der Waals surface area contributed by atoms with E-state index in [1.165, 1.54) is 11.1 Å². The fourth-order valence-electron chi connectivity index (χ4n) is 2.58. The molecular weight excluding hydrogens is 328 g/mol. The lowest BCUT2D eigenvalue weighted by Gasteiger charge is -2.11. The predicted molar refractivity (Wildman–Crippen MR) is 103 cm³/mol. The van der Waals surface area contributed by atoms with Gasteiger partial charge in [-0.2, -0.15) is 4.98 Å². The van der Waals surface area contributed by atoms with Gasteiger partial charge in [-0.3, -0.25) is 0 Å². The lowest BCUT2D eigenvalue weighted by molar-refractivity contribution is 0.355. The summed E-state index contributed by atoms with van der Waals surface area (Å²) in [5, 5.41) is 6.50. The first-order valence-electron chi connectivity index (χ1n) is 8.29. The molecule has 3 aromatic rings. The van der Waals surface area contributed by atoms with Crippen molar-refractivity contribution in [1.29, 1.82) is 0 Å². The van der Waals surface area contributed by atoms with Crippen molar-refractivity contribution in [2.24, 2.45) is 0 Å². The molecule has 0 saturated heterocycles. The minimum absolute atomic E-state index is 0.567. The molecule has 0 aliphatic heterocycles. The third-order valence-electron chi connectivity index (χ3n) is 3.84. The van der Waals surface area contributed by atoms with E-state index in [4.69, 9.17) is 9.47 Å². The van der Waals surface area contributed by atoms with Crippen molar-refractivity contribution >= 4 is 17.5 Å². The van der Waals surface area contributed by atoms with E-state index in [0.29, 0.717) is 29.8 Å². The van der Waals surface area contributed by atoms with Gasteiger partial charge in [0.05, 0.1) is 14.2 Å². The Morgan fingerprint density at radius 3 is 2.58 bits per heavy atom. The van der Waals surface area contributed by atoms with Crippen molar-refractivity contribution < 1.29 is 9.47 Å². The second kappa shape index (κ2) is 8.20. The zero-order valence-electron chi connectivity index (χ0n) is 15.1. The molecule has 0 aliphatic rings. The van der Waals surface area contributed by atoms with Gasteiger partial charge < -0.3 is 20.1 Å². The number of benzene rings is 2. The Bertz CT molecular complexity index is 883. The van der Waals surface area contributed by atoms with Crippen LogP contribution in [0.15, 0.2) is 54.7 Å². The summed E-state index contributed by atoms with van der Waals surface area (Å²) in [5.74, 6) is 2.60. The van der Waals surface area contributed by atoms with Crippen molar-refractivity contribution in [2.75, 3.05) is 24.9 Å². The van der Waals surface area contributed by atoms with Crippen LogP contribution in [0.1, 0.15) is 11.1 Å². The van der Waals surface area contributed by atoms with Gasteiger partial charge in [0.1, 0.15) is 5.82 Å². The van der Waals surface area contributed by atoms with E-state index in [1.54, 1.807) is 20.4 Å². The van der Waals surface area contributed by atoms with Crippen LogP contribution in [0.25, 0.3) is 0 Å². The number of nitrogens with one attached hydrogen (secondary N) is 2. The Kier molecular flexibility index (Phi) is 5.53. The fourth-order valence-corrected chi connectivity index (χ4v) is 2.58. The molecule has 2 aromatic carbocycles. The highest BCUT2D eigenvalue weighted by atomic mass is 16.5. The molecule has 26 heavy (non-hydrogen) atoms. The first-order valence-corrected chi connectivity index (χ1v) is 8.29. The second-order valence-corrected chi connectivity index (χ2v) is 5.80. The minimum atomic E-state index is 0.567. The summed E-state index contributed by atoms with van der Waals surface area (Å²) in [7, 11) is 3.22.